The van der Waals surface area contributed by atoms with Crippen molar-refractivity contribution in [2.75, 3.05) is 39.1 Å². The monoisotopic (exact) mass is 389 g/mol. The summed E-state index contributed by atoms with van der Waals surface area (Å²) >= 11 is 0. The predicted molar refractivity (Wildman–Crippen MR) is 118 cm³/mol. The Kier molecular flexibility index (Phi) is 5.07. The van der Waals surface area contributed by atoms with Gasteiger partial charge in [0.2, 0.25) is 5.95 Å². The van der Waals surface area contributed by atoms with Crippen LogP contribution < -0.4 is 10.5 Å². The number of fused-ring (bicyclic) bond motifs is 3. The van der Waals surface area contributed by atoms with Crippen LogP contribution in [-0.4, -0.2) is 59.1 Å². The second-order valence-electron chi connectivity index (χ2n) is 7.50. The molecule has 3 heterocycles. The standard InChI is InChI=1S/C22H25N6O/c1-5-14-13-24-20-19(14)16-12-15(6-7-18(16)25-21(20)29)17-8-9-23-22(26-17)28(4)11-10-27(2)3/h6-9,12-13,24H,1,5,10-11H2,2-4H3,(H,25,29). The Bertz CT molecular complexity index is 1220. The molecule has 2 N–H and O–H groups in total. The Hall–Kier alpha value is -3.19. The molecule has 0 saturated heterocycles. The molecule has 149 valence electrons. The van der Waals surface area contributed by atoms with Crippen LogP contribution in [0.3, 0.4) is 0 Å². The smallest absolute Gasteiger partial charge is 0.272 e. The van der Waals surface area contributed by atoms with Gasteiger partial charge in [0.05, 0.1) is 5.69 Å². The van der Waals surface area contributed by atoms with Crippen LogP contribution in [0.25, 0.3) is 33.1 Å². The molecule has 0 atom stereocenters. The summed E-state index contributed by atoms with van der Waals surface area (Å²) in [6.45, 7) is 5.76. The Morgan fingerprint density at radius 2 is 1.97 bits per heavy atom. The molecule has 4 aromatic rings. The van der Waals surface area contributed by atoms with Gasteiger partial charge in [-0.15, -0.1) is 0 Å². The van der Waals surface area contributed by atoms with Gasteiger partial charge in [0.1, 0.15) is 5.52 Å². The Morgan fingerprint density at radius 3 is 2.72 bits per heavy atom. The summed E-state index contributed by atoms with van der Waals surface area (Å²) in [6.07, 6.45) is 4.26. The lowest BCUT2D eigenvalue weighted by atomic mass is 10.0. The summed E-state index contributed by atoms with van der Waals surface area (Å²) in [5, 5.41) is 1.91. The molecular formula is C22H25N6O. The molecule has 0 fully saturated rings. The number of hydrogen-bond donors (Lipinski definition) is 2. The van der Waals surface area contributed by atoms with E-state index in [-0.39, 0.29) is 5.56 Å². The van der Waals surface area contributed by atoms with Crippen LogP contribution >= 0.6 is 0 Å². The number of pyridine rings is 1. The molecule has 0 aliphatic rings. The second-order valence-corrected chi connectivity index (χ2v) is 7.50. The molecule has 7 heteroatoms. The number of anilines is 1. The van der Waals surface area contributed by atoms with Crippen LogP contribution in [0.15, 0.2) is 41.5 Å². The van der Waals surface area contributed by atoms with Gasteiger partial charge < -0.3 is 19.8 Å². The maximum atomic E-state index is 12.4. The van der Waals surface area contributed by atoms with Gasteiger partial charge in [-0.1, -0.05) is 6.07 Å². The zero-order chi connectivity index (χ0) is 20.5. The van der Waals surface area contributed by atoms with Crippen LogP contribution in [-0.2, 0) is 6.42 Å². The van der Waals surface area contributed by atoms with Gasteiger partial charge in [0.15, 0.2) is 0 Å². The van der Waals surface area contributed by atoms with E-state index >= 15 is 0 Å². The highest BCUT2D eigenvalue weighted by Crippen LogP contribution is 2.29. The van der Waals surface area contributed by atoms with E-state index in [4.69, 9.17) is 4.98 Å². The van der Waals surface area contributed by atoms with E-state index in [0.717, 1.165) is 46.2 Å². The van der Waals surface area contributed by atoms with E-state index in [1.807, 2.05) is 50.4 Å². The van der Waals surface area contributed by atoms with E-state index in [9.17, 15) is 4.79 Å². The first-order valence-corrected chi connectivity index (χ1v) is 9.62. The lowest BCUT2D eigenvalue weighted by molar-refractivity contribution is 0.415. The minimum absolute atomic E-state index is 0.119. The molecular weight excluding hydrogens is 364 g/mol. The van der Waals surface area contributed by atoms with E-state index in [2.05, 4.69) is 32.8 Å². The molecule has 29 heavy (non-hydrogen) atoms. The number of rotatable bonds is 6. The zero-order valence-corrected chi connectivity index (χ0v) is 17.0. The molecule has 3 aromatic heterocycles. The van der Waals surface area contributed by atoms with Crippen molar-refractivity contribution >= 4 is 27.8 Å². The topological polar surface area (TPSA) is 80.9 Å². The fraction of sp³-hybridized carbons (Fsp3) is 0.273. The van der Waals surface area contributed by atoms with Crippen molar-refractivity contribution in [2.45, 2.75) is 6.42 Å². The van der Waals surface area contributed by atoms with E-state index in [1.165, 1.54) is 0 Å². The number of aromatic nitrogens is 4. The third-order valence-corrected chi connectivity index (χ3v) is 5.16. The van der Waals surface area contributed by atoms with Crippen molar-refractivity contribution in [3.8, 4) is 11.3 Å². The molecule has 0 spiro atoms. The fourth-order valence-corrected chi connectivity index (χ4v) is 3.50. The Balaban J connectivity index is 1.80. The predicted octanol–water partition coefficient (Wildman–Crippen LogP) is 2.84. The summed E-state index contributed by atoms with van der Waals surface area (Å²) in [6, 6.07) is 7.90. The van der Waals surface area contributed by atoms with Crippen molar-refractivity contribution in [1.82, 2.24) is 24.8 Å². The van der Waals surface area contributed by atoms with Crippen molar-refractivity contribution in [2.24, 2.45) is 0 Å². The van der Waals surface area contributed by atoms with E-state index in [1.54, 1.807) is 6.20 Å². The van der Waals surface area contributed by atoms with Gasteiger partial charge in [-0.3, -0.25) is 4.79 Å². The summed E-state index contributed by atoms with van der Waals surface area (Å²) in [7, 11) is 6.09. The summed E-state index contributed by atoms with van der Waals surface area (Å²) in [5.74, 6) is 0.691. The summed E-state index contributed by atoms with van der Waals surface area (Å²) < 4.78 is 0. The van der Waals surface area contributed by atoms with Crippen molar-refractivity contribution in [1.29, 1.82) is 0 Å². The summed E-state index contributed by atoms with van der Waals surface area (Å²) in [4.78, 5) is 31.8. The minimum atomic E-state index is -0.119. The highest BCUT2D eigenvalue weighted by atomic mass is 16.1. The number of aromatic amines is 2. The lowest BCUT2D eigenvalue weighted by Gasteiger charge is -2.19. The Labute approximate surface area is 169 Å². The van der Waals surface area contributed by atoms with Crippen molar-refractivity contribution in [3.05, 3.63) is 59.5 Å². The van der Waals surface area contributed by atoms with Crippen LogP contribution in [0.2, 0.25) is 0 Å². The molecule has 0 amide bonds. The van der Waals surface area contributed by atoms with Crippen molar-refractivity contribution in [3.63, 3.8) is 0 Å². The van der Waals surface area contributed by atoms with Crippen LogP contribution in [0.5, 0.6) is 0 Å². The molecule has 0 aliphatic heterocycles. The number of nitrogens with one attached hydrogen (secondary N) is 2. The van der Waals surface area contributed by atoms with E-state index in [0.29, 0.717) is 17.9 Å². The highest BCUT2D eigenvalue weighted by Gasteiger charge is 2.13. The molecule has 1 radical (unpaired) electrons. The van der Waals surface area contributed by atoms with Crippen LogP contribution in [0.1, 0.15) is 5.56 Å². The second kappa shape index (κ2) is 7.67. The van der Waals surface area contributed by atoms with Crippen LogP contribution in [0.4, 0.5) is 5.95 Å². The normalized spacial score (nSPS) is 11.6. The maximum Gasteiger partial charge on any atom is 0.272 e. The van der Waals surface area contributed by atoms with Gasteiger partial charge in [0.25, 0.3) is 5.56 Å². The number of nitrogens with zero attached hydrogens (tertiary/aromatic N) is 4. The first-order valence-electron chi connectivity index (χ1n) is 9.62. The zero-order valence-electron chi connectivity index (χ0n) is 17.0. The quantitative estimate of drug-likeness (QED) is 0.530. The Morgan fingerprint density at radius 1 is 1.14 bits per heavy atom. The molecule has 4 rings (SSSR count). The minimum Gasteiger partial charge on any atom is -0.356 e. The molecule has 0 saturated carbocycles. The molecule has 0 bridgehead atoms. The number of H-pyrrole nitrogens is 2. The molecule has 7 nitrogen and oxygen atoms in total. The maximum absolute atomic E-state index is 12.4. The average molecular weight is 389 g/mol. The number of likely N-dealkylation sites (N-methyl/N-ethyl adjacent to an activating group) is 2. The van der Waals surface area contributed by atoms with Gasteiger partial charge >= 0.3 is 0 Å². The summed E-state index contributed by atoms with van der Waals surface area (Å²) in [5.41, 5.74) is 4.12. The van der Waals surface area contributed by atoms with Gasteiger partial charge in [-0.25, -0.2) is 9.97 Å². The van der Waals surface area contributed by atoms with Crippen molar-refractivity contribution < 1.29 is 0 Å². The van der Waals surface area contributed by atoms with Gasteiger partial charge in [-0.05, 0) is 51.2 Å². The largest absolute Gasteiger partial charge is 0.356 e. The van der Waals surface area contributed by atoms with Gasteiger partial charge in [0, 0.05) is 54.4 Å². The van der Waals surface area contributed by atoms with Crippen LogP contribution in [0, 0.1) is 6.92 Å². The van der Waals surface area contributed by atoms with E-state index < -0.39 is 0 Å². The third kappa shape index (κ3) is 3.61. The third-order valence-electron chi connectivity index (χ3n) is 5.16. The molecule has 0 aliphatic carbocycles. The SMILES string of the molecule is [CH2]Cc1c[nH]c2c(=O)[nH]c3ccc(-c4ccnc(N(C)CCN(C)C)n4)cc3c12. The van der Waals surface area contributed by atoms with Gasteiger partial charge in [-0.2, -0.15) is 0 Å². The molecule has 1 aromatic carbocycles. The number of hydrogen-bond acceptors (Lipinski definition) is 5. The molecule has 0 unspecified atom stereocenters. The first kappa shape index (κ1) is 19.1. The highest BCUT2D eigenvalue weighted by molar-refractivity contribution is 6.07. The fourth-order valence-electron chi connectivity index (χ4n) is 3.50. The average Bonchev–Trinajstić information content (AvgIpc) is 3.17. The first-order chi connectivity index (χ1) is 14.0. The lowest BCUT2D eigenvalue weighted by Crippen LogP contribution is -2.29. The number of benzene rings is 1.